The highest BCUT2D eigenvalue weighted by atomic mass is 32.2. The van der Waals surface area contributed by atoms with Gasteiger partial charge in [0.05, 0.1) is 11.5 Å². The Labute approximate surface area is 102 Å². The number of sulfone groups is 1. The quantitative estimate of drug-likeness (QED) is 0.857. The first kappa shape index (κ1) is 12.4. The van der Waals surface area contributed by atoms with Crippen molar-refractivity contribution in [3.8, 4) is 5.75 Å². The minimum atomic E-state index is -2.85. The second-order valence-corrected chi connectivity index (χ2v) is 6.83. The molecule has 1 aromatic rings. The molecule has 5 heteroatoms. The van der Waals surface area contributed by atoms with Crippen molar-refractivity contribution in [1.82, 2.24) is 4.90 Å². The number of aromatic hydroxyl groups is 1. The number of phenols is 1. The highest BCUT2D eigenvalue weighted by molar-refractivity contribution is 7.91. The summed E-state index contributed by atoms with van der Waals surface area (Å²) >= 11 is 0. The smallest absolute Gasteiger partial charge is 0.153 e. The Morgan fingerprint density at radius 1 is 1.35 bits per heavy atom. The standard InChI is InChI=1S/C12H17NO3S/c1-10-9-17(15,16)7-6-13(10)8-11-2-4-12(14)5-3-11/h2-5,10,14H,6-9H2,1H3. The van der Waals surface area contributed by atoms with E-state index in [4.69, 9.17) is 0 Å². The van der Waals surface area contributed by atoms with Crippen molar-refractivity contribution < 1.29 is 13.5 Å². The fourth-order valence-corrected chi connectivity index (χ4v) is 3.73. The fraction of sp³-hybridized carbons (Fsp3) is 0.500. The maximum Gasteiger partial charge on any atom is 0.153 e. The van der Waals surface area contributed by atoms with Gasteiger partial charge in [0.25, 0.3) is 0 Å². The van der Waals surface area contributed by atoms with E-state index < -0.39 is 9.84 Å². The zero-order valence-corrected chi connectivity index (χ0v) is 10.7. The number of phenolic OH excluding ortho intramolecular Hbond substituents is 1. The third-order valence-electron chi connectivity index (χ3n) is 3.13. The minimum absolute atomic E-state index is 0.0579. The monoisotopic (exact) mass is 255 g/mol. The van der Waals surface area contributed by atoms with Crippen LogP contribution < -0.4 is 0 Å². The second-order valence-electron chi connectivity index (χ2n) is 4.60. The largest absolute Gasteiger partial charge is 0.508 e. The summed E-state index contributed by atoms with van der Waals surface area (Å²) in [5, 5.41) is 9.19. The van der Waals surface area contributed by atoms with Gasteiger partial charge < -0.3 is 5.11 Å². The van der Waals surface area contributed by atoms with Gasteiger partial charge in [-0.2, -0.15) is 0 Å². The van der Waals surface area contributed by atoms with Gasteiger partial charge in [0.15, 0.2) is 9.84 Å². The van der Waals surface area contributed by atoms with Crippen molar-refractivity contribution >= 4 is 9.84 Å². The SMILES string of the molecule is CC1CS(=O)(=O)CCN1Cc1ccc(O)cc1. The zero-order valence-electron chi connectivity index (χ0n) is 9.83. The summed E-state index contributed by atoms with van der Waals surface area (Å²) in [4.78, 5) is 2.16. The van der Waals surface area contributed by atoms with Crippen LogP contribution in [0.5, 0.6) is 5.75 Å². The van der Waals surface area contributed by atoms with E-state index in [1.165, 1.54) is 0 Å². The van der Waals surface area contributed by atoms with Gasteiger partial charge in [-0.15, -0.1) is 0 Å². The first-order valence-electron chi connectivity index (χ1n) is 5.69. The average molecular weight is 255 g/mol. The molecule has 2 rings (SSSR count). The summed E-state index contributed by atoms with van der Waals surface area (Å²) in [6, 6.07) is 7.10. The lowest BCUT2D eigenvalue weighted by molar-refractivity contribution is 0.218. The Morgan fingerprint density at radius 3 is 2.59 bits per heavy atom. The molecule has 17 heavy (non-hydrogen) atoms. The van der Waals surface area contributed by atoms with Crippen molar-refractivity contribution in [2.24, 2.45) is 0 Å². The zero-order chi connectivity index (χ0) is 12.5. The molecule has 0 amide bonds. The van der Waals surface area contributed by atoms with Crippen molar-refractivity contribution in [2.45, 2.75) is 19.5 Å². The van der Waals surface area contributed by atoms with Crippen molar-refractivity contribution in [2.75, 3.05) is 18.1 Å². The second kappa shape index (κ2) is 4.66. The van der Waals surface area contributed by atoms with Crippen LogP contribution in [0.1, 0.15) is 12.5 Å². The summed E-state index contributed by atoms with van der Waals surface area (Å²) < 4.78 is 22.9. The molecule has 1 unspecified atom stereocenters. The molecule has 94 valence electrons. The van der Waals surface area contributed by atoms with E-state index in [9.17, 15) is 13.5 Å². The Hall–Kier alpha value is -1.07. The molecule has 1 heterocycles. The third kappa shape index (κ3) is 3.20. The van der Waals surface area contributed by atoms with E-state index >= 15 is 0 Å². The Bertz CT molecular complexity index is 481. The molecule has 1 fully saturated rings. The Morgan fingerprint density at radius 2 is 2.00 bits per heavy atom. The van der Waals surface area contributed by atoms with Crippen molar-refractivity contribution in [3.63, 3.8) is 0 Å². The lowest BCUT2D eigenvalue weighted by atomic mass is 10.2. The van der Waals surface area contributed by atoms with Crippen LogP contribution in [0.3, 0.4) is 0 Å². The number of nitrogens with zero attached hydrogens (tertiary/aromatic N) is 1. The van der Waals surface area contributed by atoms with Gasteiger partial charge in [0.2, 0.25) is 0 Å². The van der Waals surface area contributed by atoms with Crippen LogP contribution in [0.15, 0.2) is 24.3 Å². The predicted octanol–water partition coefficient (Wildman–Crippen LogP) is 1.01. The highest BCUT2D eigenvalue weighted by Gasteiger charge is 2.27. The van der Waals surface area contributed by atoms with Crippen LogP contribution in [0.2, 0.25) is 0 Å². The van der Waals surface area contributed by atoms with E-state index in [0.717, 1.165) is 12.1 Å². The topological polar surface area (TPSA) is 57.6 Å². The van der Waals surface area contributed by atoms with Crippen LogP contribution in [-0.2, 0) is 16.4 Å². The van der Waals surface area contributed by atoms with Crippen LogP contribution >= 0.6 is 0 Å². The maximum atomic E-state index is 11.4. The summed E-state index contributed by atoms with van der Waals surface area (Å²) in [7, 11) is -2.85. The van der Waals surface area contributed by atoms with Crippen LogP contribution in [0.25, 0.3) is 0 Å². The molecular formula is C12H17NO3S. The van der Waals surface area contributed by atoms with E-state index in [1.807, 2.05) is 19.1 Å². The molecule has 0 saturated carbocycles. The summed E-state index contributed by atoms with van der Waals surface area (Å²) in [5.74, 6) is 0.739. The number of hydrogen-bond donors (Lipinski definition) is 1. The lowest BCUT2D eigenvalue weighted by Gasteiger charge is -2.33. The summed E-state index contributed by atoms with van der Waals surface area (Å²) in [6.07, 6.45) is 0. The third-order valence-corrected chi connectivity index (χ3v) is 4.92. The molecule has 1 atom stereocenters. The lowest BCUT2D eigenvalue weighted by Crippen LogP contribution is -2.46. The number of rotatable bonds is 2. The van der Waals surface area contributed by atoms with Gasteiger partial charge in [-0.05, 0) is 24.6 Å². The molecule has 1 aromatic carbocycles. The predicted molar refractivity (Wildman–Crippen MR) is 66.6 cm³/mol. The molecular weight excluding hydrogens is 238 g/mol. The molecule has 1 aliphatic rings. The molecule has 0 aliphatic carbocycles. The van der Waals surface area contributed by atoms with E-state index in [0.29, 0.717) is 6.54 Å². The van der Waals surface area contributed by atoms with Gasteiger partial charge in [-0.25, -0.2) is 8.42 Å². The molecule has 0 bridgehead atoms. The van der Waals surface area contributed by atoms with Crippen molar-refractivity contribution in [3.05, 3.63) is 29.8 Å². The van der Waals surface area contributed by atoms with Crippen LogP contribution in [0, 0.1) is 0 Å². The van der Waals surface area contributed by atoms with Crippen LogP contribution in [0.4, 0.5) is 0 Å². The highest BCUT2D eigenvalue weighted by Crippen LogP contribution is 2.17. The Balaban J connectivity index is 2.03. The Kier molecular flexibility index (Phi) is 3.40. The number of benzene rings is 1. The fourth-order valence-electron chi connectivity index (χ4n) is 2.10. The van der Waals surface area contributed by atoms with Gasteiger partial charge in [-0.1, -0.05) is 12.1 Å². The van der Waals surface area contributed by atoms with E-state index in [2.05, 4.69) is 4.90 Å². The van der Waals surface area contributed by atoms with Gasteiger partial charge in [-0.3, -0.25) is 4.90 Å². The molecule has 4 nitrogen and oxygen atoms in total. The first-order valence-corrected chi connectivity index (χ1v) is 7.51. The first-order chi connectivity index (χ1) is 7.96. The maximum absolute atomic E-state index is 11.4. The normalized spacial score (nSPS) is 24.6. The van der Waals surface area contributed by atoms with Crippen LogP contribution in [-0.4, -0.2) is 42.5 Å². The summed E-state index contributed by atoms with van der Waals surface area (Å²) in [6.45, 7) is 3.26. The van der Waals surface area contributed by atoms with Gasteiger partial charge >= 0.3 is 0 Å². The molecule has 0 spiro atoms. The molecule has 0 radical (unpaired) electrons. The minimum Gasteiger partial charge on any atom is -0.508 e. The number of hydrogen-bond acceptors (Lipinski definition) is 4. The van der Waals surface area contributed by atoms with E-state index in [1.54, 1.807) is 12.1 Å². The average Bonchev–Trinajstić information content (AvgIpc) is 2.24. The molecule has 1 N–H and O–H groups in total. The van der Waals surface area contributed by atoms with Gasteiger partial charge in [0, 0.05) is 19.1 Å². The van der Waals surface area contributed by atoms with E-state index in [-0.39, 0.29) is 23.3 Å². The van der Waals surface area contributed by atoms with Crippen molar-refractivity contribution in [1.29, 1.82) is 0 Å². The van der Waals surface area contributed by atoms with Gasteiger partial charge in [0.1, 0.15) is 5.75 Å². The molecule has 1 aliphatic heterocycles. The molecule has 0 aromatic heterocycles. The summed E-state index contributed by atoms with van der Waals surface area (Å²) in [5.41, 5.74) is 1.09. The molecule has 1 saturated heterocycles.